The summed E-state index contributed by atoms with van der Waals surface area (Å²) in [4.78, 5) is 21.2. The van der Waals surface area contributed by atoms with E-state index in [0.29, 0.717) is 5.56 Å². The van der Waals surface area contributed by atoms with Gasteiger partial charge >= 0.3 is 11.9 Å². The molecule has 80 valence electrons. The van der Waals surface area contributed by atoms with E-state index in [0.717, 1.165) is 11.8 Å². The van der Waals surface area contributed by atoms with E-state index in [1.165, 1.54) is 0 Å². The second-order valence-corrected chi connectivity index (χ2v) is 3.93. The van der Waals surface area contributed by atoms with Gasteiger partial charge in [0.2, 0.25) is 0 Å². The van der Waals surface area contributed by atoms with Gasteiger partial charge in [-0.05, 0) is 5.56 Å². The summed E-state index contributed by atoms with van der Waals surface area (Å²) in [6, 6.07) is 8.59. The Morgan fingerprint density at radius 1 is 1.20 bits per heavy atom. The van der Waals surface area contributed by atoms with Gasteiger partial charge in [-0.3, -0.25) is 9.59 Å². The van der Waals surface area contributed by atoms with Crippen molar-refractivity contribution >= 4 is 23.7 Å². The van der Waals surface area contributed by atoms with Crippen LogP contribution < -0.4 is 0 Å². The maximum atomic E-state index is 10.9. The van der Waals surface area contributed by atoms with Gasteiger partial charge in [0.1, 0.15) is 5.25 Å². The zero-order valence-corrected chi connectivity index (χ0v) is 8.61. The first kappa shape index (κ1) is 11.6. The van der Waals surface area contributed by atoms with Crippen LogP contribution in [0.1, 0.15) is 10.8 Å². The minimum atomic E-state index is -1.02. The number of rotatable bonds is 5. The molecule has 0 aliphatic heterocycles. The Bertz CT molecular complexity index is 350. The third kappa shape index (κ3) is 3.63. The summed E-state index contributed by atoms with van der Waals surface area (Å²) in [5.41, 5.74) is 0.608. The van der Waals surface area contributed by atoms with Gasteiger partial charge in [-0.15, -0.1) is 11.8 Å². The average Bonchev–Trinajstić information content (AvgIpc) is 2.18. The van der Waals surface area contributed by atoms with Gasteiger partial charge in [-0.25, -0.2) is 0 Å². The van der Waals surface area contributed by atoms with E-state index in [9.17, 15) is 9.59 Å². The number of carboxylic acid groups (broad SMARTS) is 2. The number of thioether (sulfide) groups is 1. The molecule has 0 heterocycles. The Morgan fingerprint density at radius 3 is 2.27 bits per heavy atom. The van der Waals surface area contributed by atoms with Crippen molar-refractivity contribution in [3.8, 4) is 0 Å². The summed E-state index contributed by atoms with van der Waals surface area (Å²) in [5.74, 6) is -2.25. The third-order valence-corrected chi connectivity index (χ3v) is 2.92. The monoisotopic (exact) mass is 226 g/mol. The van der Waals surface area contributed by atoms with E-state index in [-0.39, 0.29) is 5.75 Å². The lowest BCUT2D eigenvalue weighted by atomic mass is 10.1. The largest absolute Gasteiger partial charge is 0.481 e. The summed E-state index contributed by atoms with van der Waals surface area (Å²) in [6.45, 7) is 0. The van der Waals surface area contributed by atoms with Gasteiger partial charge in [0, 0.05) is 0 Å². The number of carbonyl (C=O) groups is 2. The first-order valence-corrected chi connectivity index (χ1v) is 5.27. The standard InChI is InChI=1S/C10H10O4S/c11-8(12)6-15-9(10(13)14)7-4-2-1-3-5-7/h1-5,9H,6H2,(H,11,12)(H,13,14)/t9-/m1/s1. The van der Waals surface area contributed by atoms with Gasteiger partial charge in [-0.2, -0.15) is 0 Å². The van der Waals surface area contributed by atoms with Crippen LogP contribution in [0.25, 0.3) is 0 Å². The van der Waals surface area contributed by atoms with Gasteiger partial charge in [-0.1, -0.05) is 30.3 Å². The van der Waals surface area contributed by atoms with Crippen molar-refractivity contribution in [2.24, 2.45) is 0 Å². The Morgan fingerprint density at radius 2 is 1.80 bits per heavy atom. The van der Waals surface area contributed by atoms with Crippen LogP contribution in [-0.4, -0.2) is 27.9 Å². The van der Waals surface area contributed by atoms with Crippen LogP contribution in [0.3, 0.4) is 0 Å². The molecule has 5 heteroatoms. The highest BCUT2D eigenvalue weighted by Gasteiger charge is 2.20. The molecule has 2 N–H and O–H groups in total. The SMILES string of the molecule is O=C(O)CS[C@@H](C(=O)O)c1ccccc1. The summed E-state index contributed by atoms with van der Waals surface area (Å²) in [5, 5.41) is 16.6. The fourth-order valence-corrected chi connectivity index (χ4v) is 1.89. The molecular weight excluding hydrogens is 216 g/mol. The molecule has 0 unspecified atom stereocenters. The summed E-state index contributed by atoms with van der Waals surface area (Å²) >= 11 is 0.892. The van der Waals surface area contributed by atoms with Crippen LogP contribution in [0, 0.1) is 0 Å². The molecule has 1 aromatic rings. The zero-order valence-electron chi connectivity index (χ0n) is 7.79. The highest BCUT2D eigenvalue weighted by atomic mass is 32.2. The molecular formula is C10H10O4S. The Labute approximate surface area is 90.9 Å². The Hall–Kier alpha value is -1.49. The minimum absolute atomic E-state index is 0.216. The molecule has 0 saturated carbocycles. The van der Waals surface area contributed by atoms with Crippen molar-refractivity contribution in [2.45, 2.75) is 5.25 Å². The van der Waals surface area contributed by atoms with Crippen molar-refractivity contribution in [2.75, 3.05) is 5.75 Å². The van der Waals surface area contributed by atoms with Crippen molar-refractivity contribution < 1.29 is 19.8 Å². The third-order valence-electron chi connectivity index (χ3n) is 1.70. The van der Waals surface area contributed by atoms with E-state index < -0.39 is 17.2 Å². The predicted octanol–water partition coefficient (Wildman–Crippen LogP) is 1.63. The lowest BCUT2D eigenvalue weighted by Gasteiger charge is -2.10. The summed E-state index contributed by atoms with van der Waals surface area (Å²) in [7, 11) is 0. The first-order valence-electron chi connectivity index (χ1n) is 4.22. The topological polar surface area (TPSA) is 74.6 Å². The molecule has 0 saturated heterocycles. The zero-order chi connectivity index (χ0) is 11.3. The second kappa shape index (κ2) is 5.41. The normalized spacial score (nSPS) is 12.0. The molecule has 1 aromatic carbocycles. The van der Waals surface area contributed by atoms with Crippen LogP contribution in [0.15, 0.2) is 30.3 Å². The molecule has 1 rings (SSSR count). The molecule has 0 spiro atoms. The van der Waals surface area contributed by atoms with Crippen LogP contribution >= 0.6 is 11.8 Å². The molecule has 4 nitrogen and oxygen atoms in total. The van der Waals surface area contributed by atoms with E-state index in [4.69, 9.17) is 10.2 Å². The highest BCUT2D eigenvalue weighted by Crippen LogP contribution is 2.28. The summed E-state index contributed by atoms with van der Waals surface area (Å²) in [6.07, 6.45) is 0. The van der Waals surface area contributed by atoms with Crippen molar-refractivity contribution in [1.82, 2.24) is 0 Å². The Kier molecular flexibility index (Phi) is 4.17. The van der Waals surface area contributed by atoms with Crippen LogP contribution in [-0.2, 0) is 9.59 Å². The van der Waals surface area contributed by atoms with Crippen molar-refractivity contribution in [3.63, 3.8) is 0 Å². The summed E-state index contributed by atoms with van der Waals surface area (Å²) < 4.78 is 0. The maximum absolute atomic E-state index is 10.9. The minimum Gasteiger partial charge on any atom is -0.481 e. The predicted molar refractivity (Wildman–Crippen MR) is 56.9 cm³/mol. The fraction of sp³-hybridized carbons (Fsp3) is 0.200. The number of aliphatic carboxylic acids is 2. The number of carboxylic acids is 2. The molecule has 0 fully saturated rings. The van der Waals surface area contributed by atoms with E-state index in [1.54, 1.807) is 30.3 Å². The van der Waals surface area contributed by atoms with E-state index in [2.05, 4.69) is 0 Å². The quantitative estimate of drug-likeness (QED) is 0.798. The average molecular weight is 226 g/mol. The van der Waals surface area contributed by atoms with Gasteiger partial charge < -0.3 is 10.2 Å². The molecule has 0 aliphatic rings. The lowest BCUT2D eigenvalue weighted by Crippen LogP contribution is -2.11. The molecule has 15 heavy (non-hydrogen) atoms. The highest BCUT2D eigenvalue weighted by molar-refractivity contribution is 8.00. The first-order chi connectivity index (χ1) is 7.11. The van der Waals surface area contributed by atoms with Crippen LogP contribution in [0.4, 0.5) is 0 Å². The Balaban J connectivity index is 2.75. The lowest BCUT2D eigenvalue weighted by molar-refractivity contribution is -0.136. The van der Waals surface area contributed by atoms with Crippen molar-refractivity contribution in [3.05, 3.63) is 35.9 Å². The fourth-order valence-electron chi connectivity index (χ4n) is 1.09. The number of hydrogen-bond donors (Lipinski definition) is 2. The van der Waals surface area contributed by atoms with Gasteiger partial charge in [0.25, 0.3) is 0 Å². The van der Waals surface area contributed by atoms with Crippen LogP contribution in [0.5, 0.6) is 0 Å². The molecule has 0 aromatic heterocycles. The molecule has 0 bridgehead atoms. The number of hydrogen-bond acceptors (Lipinski definition) is 3. The van der Waals surface area contributed by atoms with Crippen LogP contribution in [0.2, 0.25) is 0 Å². The molecule has 0 aliphatic carbocycles. The van der Waals surface area contributed by atoms with Gasteiger partial charge in [0.05, 0.1) is 5.75 Å². The second-order valence-electron chi connectivity index (χ2n) is 2.83. The molecule has 1 atom stereocenters. The van der Waals surface area contributed by atoms with Crippen molar-refractivity contribution in [1.29, 1.82) is 0 Å². The number of benzene rings is 1. The van der Waals surface area contributed by atoms with E-state index in [1.807, 2.05) is 0 Å². The van der Waals surface area contributed by atoms with E-state index >= 15 is 0 Å². The van der Waals surface area contributed by atoms with Gasteiger partial charge in [0.15, 0.2) is 0 Å². The molecule has 0 amide bonds. The maximum Gasteiger partial charge on any atom is 0.321 e. The molecule has 0 radical (unpaired) electrons. The smallest absolute Gasteiger partial charge is 0.321 e.